The largest absolute Gasteiger partial charge is 0.477 e. The number of nitrogens with one attached hydrogen (secondary N) is 2. The molecule has 4 aliphatic heterocycles. The lowest BCUT2D eigenvalue weighted by Gasteiger charge is -2.51. The summed E-state index contributed by atoms with van der Waals surface area (Å²) in [6, 6.07) is -3.07. The van der Waals surface area contributed by atoms with Crippen LogP contribution < -0.4 is 10.6 Å². The number of ether oxygens (including phenoxy) is 9. The molecule has 0 saturated carbocycles. The number of rotatable bonds is 21. The van der Waals surface area contributed by atoms with Gasteiger partial charge in [0.05, 0.1) is 45.2 Å². The molecule has 21 atom stereocenters. The fourth-order valence-corrected chi connectivity index (χ4v) is 7.97. The molecular weight excluding hydrogens is 884 g/mol. The van der Waals surface area contributed by atoms with Gasteiger partial charge in [0, 0.05) is 33.3 Å². The van der Waals surface area contributed by atoms with E-state index in [9.17, 15) is 80.5 Å². The maximum Gasteiger partial charge on any atom is 0.364 e. The van der Waals surface area contributed by atoms with Crippen molar-refractivity contribution in [1.29, 1.82) is 0 Å². The first-order valence-corrected chi connectivity index (χ1v) is 21.0. The number of amides is 2. The Morgan fingerprint density at radius 1 is 0.723 bits per heavy atom. The molecule has 2 amide bonds. The summed E-state index contributed by atoms with van der Waals surface area (Å²) in [5, 5.41) is 133. The molecule has 0 unspecified atom stereocenters. The zero-order valence-electron chi connectivity index (χ0n) is 36.1. The number of hydrogen-bond donors (Lipinski definition) is 14. The molecule has 65 heavy (non-hydrogen) atoms. The maximum absolute atomic E-state index is 13.0. The smallest absolute Gasteiger partial charge is 0.364 e. The van der Waals surface area contributed by atoms with Crippen LogP contribution >= 0.6 is 0 Å². The minimum Gasteiger partial charge on any atom is -0.477 e. The number of esters is 1. The Kier molecular flexibility index (Phi) is 20.6. The van der Waals surface area contributed by atoms with E-state index in [1.807, 2.05) is 0 Å². The Hall–Kier alpha value is -2.88. The predicted octanol–water partition coefficient (Wildman–Crippen LogP) is -7.47. The van der Waals surface area contributed by atoms with Crippen LogP contribution in [0, 0.1) is 0 Å². The fourth-order valence-electron chi connectivity index (χ4n) is 7.97. The lowest BCUT2D eigenvalue weighted by atomic mass is 9.88. The molecule has 0 aromatic carbocycles. The van der Waals surface area contributed by atoms with E-state index in [4.69, 9.17) is 37.9 Å². The molecule has 0 bridgehead atoms. The van der Waals surface area contributed by atoms with Crippen molar-refractivity contribution in [3.05, 3.63) is 0 Å². The summed E-state index contributed by atoms with van der Waals surface area (Å²) in [6.07, 6.45) is -33.2. The number of aliphatic hydroxyl groups is 11. The van der Waals surface area contributed by atoms with Crippen molar-refractivity contribution < 1.29 is 123 Å². The normalized spacial score (nSPS) is 40.9. The summed E-state index contributed by atoms with van der Waals surface area (Å²) < 4.78 is 51.8. The van der Waals surface area contributed by atoms with Crippen LogP contribution in [0.5, 0.6) is 0 Å². The Morgan fingerprint density at radius 2 is 1.32 bits per heavy atom. The van der Waals surface area contributed by atoms with E-state index in [-0.39, 0.29) is 13.0 Å². The first-order chi connectivity index (χ1) is 30.6. The minimum atomic E-state index is -3.13. The summed E-state index contributed by atoms with van der Waals surface area (Å²) in [7, 11) is 1.25. The first-order valence-electron chi connectivity index (χ1n) is 21.0. The lowest BCUT2D eigenvalue weighted by molar-refractivity contribution is -0.391. The Morgan fingerprint density at radius 3 is 1.91 bits per heavy atom. The van der Waals surface area contributed by atoms with Gasteiger partial charge in [-0.05, 0) is 19.8 Å². The van der Waals surface area contributed by atoms with E-state index in [2.05, 4.69) is 15.4 Å². The van der Waals surface area contributed by atoms with Gasteiger partial charge in [0.2, 0.25) is 11.8 Å². The van der Waals surface area contributed by atoms with E-state index in [1.165, 1.54) is 14.0 Å². The quantitative estimate of drug-likeness (QED) is 0.0375. The van der Waals surface area contributed by atoms with Crippen LogP contribution in [-0.4, -0.2) is 247 Å². The van der Waals surface area contributed by atoms with Gasteiger partial charge in [0.15, 0.2) is 18.9 Å². The number of aliphatic hydroxyl groups excluding tert-OH is 11. The van der Waals surface area contributed by atoms with Crippen LogP contribution in [0.15, 0.2) is 0 Å². The second-order valence-corrected chi connectivity index (χ2v) is 16.3. The SMILES string of the molecule is COC(=O)CCCCCO[C@@H]1O[C@H](CO)[C@@H](O[C@@H]2O[C@H](CO)[C@H](O)[C@H](O[C@]3(C(=O)O)C[C@H](O)[C@@H](NC(C)=O)[C@H]([C@H](O)[C@H](O)CO)O3)[C@H]2O)[C@H](O[C@@H]2O[C@@H](C)[C@@H](O)[C@@H](O)[C@@H]2O)[C@H]1NC(C)=O. The third kappa shape index (κ3) is 13.2. The Balaban J connectivity index is 1.71. The van der Waals surface area contributed by atoms with Crippen molar-refractivity contribution in [2.75, 3.05) is 33.5 Å². The van der Waals surface area contributed by atoms with Crippen LogP contribution in [0.2, 0.25) is 0 Å². The number of unbranched alkanes of at least 4 members (excludes halogenated alkanes) is 2. The van der Waals surface area contributed by atoms with Gasteiger partial charge in [-0.25, -0.2) is 4.79 Å². The summed E-state index contributed by atoms with van der Waals surface area (Å²) >= 11 is 0. The van der Waals surface area contributed by atoms with Crippen molar-refractivity contribution in [2.45, 2.75) is 181 Å². The zero-order chi connectivity index (χ0) is 48.5. The molecule has 4 saturated heterocycles. The van der Waals surface area contributed by atoms with Crippen molar-refractivity contribution in [1.82, 2.24) is 10.6 Å². The molecule has 0 radical (unpaired) electrons. The molecular formula is C38H64N2O25. The number of carbonyl (C=O) groups excluding carboxylic acids is 3. The molecule has 4 aliphatic rings. The predicted molar refractivity (Wildman–Crippen MR) is 207 cm³/mol. The third-order valence-electron chi connectivity index (χ3n) is 11.5. The average Bonchev–Trinajstić information content (AvgIpc) is 3.26. The van der Waals surface area contributed by atoms with Gasteiger partial charge in [-0.2, -0.15) is 0 Å². The molecule has 376 valence electrons. The average molecular weight is 949 g/mol. The topological polar surface area (TPSA) is 418 Å². The monoisotopic (exact) mass is 948 g/mol. The van der Waals surface area contributed by atoms with Gasteiger partial charge in [0.1, 0.15) is 85.4 Å². The Labute approximate surface area is 372 Å². The highest BCUT2D eigenvalue weighted by atomic mass is 16.8. The molecule has 0 spiro atoms. The fraction of sp³-hybridized carbons (Fsp3) is 0.895. The van der Waals surface area contributed by atoms with E-state index in [1.54, 1.807) is 0 Å². The van der Waals surface area contributed by atoms with E-state index in [0.717, 1.165) is 13.8 Å². The van der Waals surface area contributed by atoms with Gasteiger partial charge in [0.25, 0.3) is 5.79 Å². The second-order valence-electron chi connectivity index (χ2n) is 16.3. The molecule has 4 heterocycles. The van der Waals surface area contributed by atoms with Crippen molar-refractivity contribution in [3.8, 4) is 0 Å². The summed E-state index contributed by atoms with van der Waals surface area (Å²) in [6.45, 7) is 0.365. The molecule has 4 fully saturated rings. The number of hydrogen-bond acceptors (Lipinski definition) is 24. The van der Waals surface area contributed by atoms with Crippen molar-refractivity contribution in [3.63, 3.8) is 0 Å². The molecule has 14 N–H and O–H groups in total. The van der Waals surface area contributed by atoms with E-state index >= 15 is 0 Å². The van der Waals surface area contributed by atoms with Crippen molar-refractivity contribution >= 4 is 23.8 Å². The molecule has 0 aromatic heterocycles. The number of carboxylic acid groups (broad SMARTS) is 1. The van der Waals surface area contributed by atoms with Gasteiger partial charge in [-0.1, -0.05) is 6.42 Å². The van der Waals surface area contributed by atoms with Crippen LogP contribution in [0.25, 0.3) is 0 Å². The summed E-state index contributed by atoms with van der Waals surface area (Å²) in [4.78, 5) is 49.3. The molecule has 0 aromatic rings. The number of carboxylic acids is 1. The van der Waals surface area contributed by atoms with Crippen LogP contribution in [0.1, 0.15) is 52.9 Å². The minimum absolute atomic E-state index is 0.0488. The first kappa shape index (κ1) is 54.7. The highest BCUT2D eigenvalue weighted by molar-refractivity contribution is 5.77. The summed E-state index contributed by atoms with van der Waals surface area (Å²) in [5.74, 6) is -7.06. The standard InChI is InChI=1S/C38H64N2O25/c1-14-24(49)27(52)28(53)35(59-14)63-32-23(40-16(3)45)34(58-9-7-5-6-8-21(48)57-4)61-20(13-43)30(32)62-36-29(54)33(26(51)19(12-42)60-36)65-38(37(55)56)10-17(46)22(39-15(2)44)31(64-38)25(50)18(47)11-41/h14,17-20,22-36,41-43,46-47,49-54H,5-13H2,1-4H3,(H,39,44)(H,40,45)(H,55,56)/t14-,17-,18+,19+,20+,22+,23+,24+,25+,26-,27+,28-,29+,30+,31+,32+,33-,34+,35-,36-,38-/m0/s1. The van der Waals surface area contributed by atoms with Crippen molar-refractivity contribution in [2.24, 2.45) is 0 Å². The second kappa shape index (κ2) is 24.4. The van der Waals surface area contributed by atoms with Gasteiger partial charge < -0.3 is 115 Å². The molecule has 4 rings (SSSR count). The summed E-state index contributed by atoms with van der Waals surface area (Å²) in [5.41, 5.74) is 0. The van der Waals surface area contributed by atoms with E-state index < -0.39 is 178 Å². The molecule has 0 aliphatic carbocycles. The lowest BCUT2D eigenvalue weighted by Crippen LogP contribution is -2.71. The van der Waals surface area contributed by atoms with Gasteiger partial charge >= 0.3 is 11.9 Å². The third-order valence-corrected chi connectivity index (χ3v) is 11.5. The molecule has 27 heteroatoms. The Bertz CT molecular complexity index is 1550. The highest BCUT2D eigenvalue weighted by Gasteiger charge is 2.61. The van der Waals surface area contributed by atoms with Crippen LogP contribution in [0.4, 0.5) is 0 Å². The van der Waals surface area contributed by atoms with Gasteiger partial charge in [-0.15, -0.1) is 0 Å². The van der Waals surface area contributed by atoms with Crippen LogP contribution in [0.3, 0.4) is 0 Å². The number of aliphatic carboxylic acids is 1. The highest BCUT2D eigenvalue weighted by Crippen LogP contribution is 2.39. The van der Waals surface area contributed by atoms with Crippen LogP contribution in [-0.2, 0) is 61.8 Å². The number of methoxy groups -OCH3 is 1. The zero-order valence-corrected chi connectivity index (χ0v) is 36.1. The number of carbonyl (C=O) groups is 4. The van der Waals surface area contributed by atoms with Gasteiger partial charge in [-0.3, -0.25) is 14.4 Å². The maximum atomic E-state index is 13.0. The van der Waals surface area contributed by atoms with E-state index in [0.29, 0.717) is 19.3 Å². The molecule has 27 nitrogen and oxygen atoms in total.